The van der Waals surface area contributed by atoms with Crippen molar-refractivity contribution in [2.45, 2.75) is 89.9 Å². The van der Waals surface area contributed by atoms with Crippen LogP contribution in [0.4, 0.5) is 0 Å². The summed E-state index contributed by atoms with van der Waals surface area (Å²) in [7, 11) is 0. The first kappa shape index (κ1) is 33.5. The van der Waals surface area contributed by atoms with Gasteiger partial charge in [-0.3, -0.25) is 9.59 Å². The third-order valence-corrected chi connectivity index (χ3v) is 7.08. The Labute approximate surface area is 243 Å². The van der Waals surface area contributed by atoms with E-state index >= 15 is 0 Å². The number of benzene rings is 2. The molecule has 0 aliphatic rings. The van der Waals surface area contributed by atoms with Crippen molar-refractivity contribution in [1.82, 2.24) is 21.3 Å². The van der Waals surface area contributed by atoms with Gasteiger partial charge in [-0.05, 0) is 63.0 Å². The summed E-state index contributed by atoms with van der Waals surface area (Å²) in [5.41, 5.74) is 2.13. The lowest BCUT2D eigenvalue weighted by Gasteiger charge is -2.07. The van der Waals surface area contributed by atoms with Gasteiger partial charge in [-0.2, -0.15) is 0 Å². The molecule has 0 heterocycles. The summed E-state index contributed by atoms with van der Waals surface area (Å²) in [6, 6.07) is 19.8. The average Bonchev–Trinajstić information content (AvgIpc) is 2.96. The van der Waals surface area contributed by atoms with E-state index in [4.69, 9.17) is 0 Å². The summed E-state index contributed by atoms with van der Waals surface area (Å²) >= 11 is 0. The highest BCUT2D eigenvalue weighted by atomic mass is 16.2. The standard InChI is InChI=1S/C34H54N4O2/c39-33(29-31-19-11-9-12-20-31)37-27-17-25-35-23-15-7-5-3-1-2-4-6-8-16-24-36-26-18-28-38-34(40)30-32-21-13-10-14-22-32/h9-14,19-22,35-36H,1-8,15-18,23-30H2,(H,37,39)(H,38,40). The third-order valence-electron chi connectivity index (χ3n) is 7.08. The first-order chi connectivity index (χ1) is 19.7. The molecule has 0 unspecified atom stereocenters. The van der Waals surface area contributed by atoms with Crippen LogP contribution in [0.2, 0.25) is 0 Å². The summed E-state index contributed by atoms with van der Waals surface area (Å²) in [5.74, 6) is 0.210. The first-order valence-corrected chi connectivity index (χ1v) is 15.8. The average molecular weight is 551 g/mol. The normalized spacial score (nSPS) is 10.9. The Balaban J connectivity index is 1.21. The molecule has 0 radical (unpaired) electrons. The Bertz CT molecular complexity index is 803. The number of hydrogen-bond donors (Lipinski definition) is 4. The molecule has 2 aromatic carbocycles. The van der Waals surface area contributed by atoms with Gasteiger partial charge < -0.3 is 21.3 Å². The molecule has 0 aliphatic heterocycles. The molecule has 0 bridgehead atoms. The molecule has 222 valence electrons. The van der Waals surface area contributed by atoms with E-state index in [-0.39, 0.29) is 11.8 Å². The fourth-order valence-electron chi connectivity index (χ4n) is 4.73. The minimum Gasteiger partial charge on any atom is -0.356 e. The fourth-order valence-corrected chi connectivity index (χ4v) is 4.73. The van der Waals surface area contributed by atoms with Crippen molar-refractivity contribution in [1.29, 1.82) is 0 Å². The minimum absolute atomic E-state index is 0.105. The molecule has 0 atom stereocenters. The summed E-state index contributed by atoms with van der Waals surface area (Å²) < 4.78 is 0. The number of rotatable bonds is 25. The Morgan fingerprint density at radius 1 is 0.400 bits per heavy atom. The van der Waals surface area contributed by atoms with Crippen LogP contribution in [0.25, 0.3) is 0 Å². The number of hydrogen-bond acceptors (Lipinski definition) is 4. The molecule has 0 fully saturated rings. The van der Waals surface area contributed by atoms with Gasteiger partial charge in [-0.25, -0.2) is 0 Å². The van der Waals surface area contributed by atoms with Crippen molar-refractivity contribution < 1.29 is 9.59 Å². The molecule has 4 N–H and O–H groups in total. The van der Waals surface area contributed by atoms with Crippen LogP contribution in [-0.2, 0) is 22.4 Å². The molecule has 0 saturated carbocycles. The second-order valence-corrected chi connectivity index (χ2v) is 10.8. The van der Waals surface area contributed by atoms with E-state index in [0.717, 1.165) is 63.2 Å². The molecular formula is C34H54N4O2. The van der Waals surface area contributed by atoms with Gasteiger partial charge in [-0.15, -0.1) is 0 Å². The van der Waals surface area contributed by atoms with Gasteiger partial charge in [0.2, 0.25) is 11.8 Å². The molecule has 0 aromatic heterocycles. The van der Waals surface area contributed by atoms with Crippen molar-refractivity contribution in [3.8, 4) is 0 Å². The van der Waals surface area contributed by atoms with E-state index in [1.165, 1.54) is 64.2 Å². The maximum absolute atomic E-state index is 11.9. The summed E-state index contributed by atoms with van der Waals surface area (Å²) in [5, 5.41) is 13.0. The Morgan fingerprint density at radius 2 is 0.725 bits per heavy atom. The van der Waals surface area contributed by atoms with Gasteiger partial charge >= 0.3 is 0 Å². The van der Waals surface area contributed by atoms with Crippen LogP contribution in [0, 0.1) is 0 Å². The van der Waals surface area contributed by atoms with Crippen LogP contribution >= 0.6 is 0 Å². The summed E-state index contributed by atoms with van der Waals surface area (Å²) in [6.45, 7) is 5.57. The second-order valence-electron chi connectivity index (χ2n) is 10.8. The zero-order chi connectivity index (χ0) is 28.4. The van der Waals surface area contributed by atoms with Gasteiger partial charge in [0.15, 0.2) is 0 Å². The fraction of sp³-hybridized carbons (Fsp3) is 0.588. The van der Waals surface area contributed by atoms with Crippen LogP contribution in [0.3, 0.4) is 0 Å². The third kappa shape index (κ3) is 19.4. The number of carbonyl (C=O) groups excluding carboxylic acids is 2. The predicted octanol–water partition coefficient (Wildman–Crippen LogP) is 5.56. The molecular weight excluding hydrogens is 496 g/mol. The lowest BCUT2D eigenvalue weighted by atomic mass is 10.1. The highest BCUT2D eigenvalue weighted by Crippen LogP contribution is 2.10. The van der Waals surface area contributed by atoms with E-state index in [0.29, 0.717) is 12.8 Å². The van der Waals surface area contributed by atoms with Gasteiger partial charge in [-0.1, -0.05) is 112 Å². The van der Waals surface area contributed by atoms with E-state index in [2.05, 4.69) is 21.3 Å². The molecule has 2 rings (SSSR count). The molecule has 0 aliphatic carbocycles. The van der Waals surface area contributed by atoms with Gasteiger partial charge in [0, 0.05) is 13.1 Å². The number of unbranched alkanes of at least 4 members (excludes halogenated alkanes) is 9. The molecule has 0 saturated heterocycles. The van der Waals surface area contributed by atoms with Gasteiger partial charge in [0.05, 0.1) is 12.8 Å². The monoisotopic (exact) mass is 550 g/mol. The summed E-state index contributed by atoms with van der Waals surface area (Å²) in [6.07, 6.45) is 16.1. The van der Waals surface area contributed by atoms with E-state index in [1.807, 2.05) is 60.7 Å². The van der Waals surface area contributed by atoms with E-state index in [9.17, 15) is 9.59 Å². The number of amides is 2. The van der Waals surface area contributed by atoms with E-state index < -0.39 is 0 Å². The first-order valence-electron chi connectivity index (χ1n) is 15.8. The molecule has 2 amide bonds. The van der Waals surface area contributed by atoms with E-state index in [1.54, 1.807) is 0 Å². The topological polar surface area (TPSA) is 82.3 Å². The second kappa shape index (κ2) is 24.1. The van der Waals surface area contributed by atoms with Crippen LogP contribution in [0.15, 0.2) is 60.7 Å². The maximum atomic E-state index is 11.9. The highest BCUT2D eigenvalue weighted by molar-refractivity contribution is 5.78. The van der Waals surface area contributed by atoms with Gasteiger partial charge in [0.1, 0.15) is 0 Å². The lowest BCUT2D eigenvalue weighted by Crippen LogP contribution is -2.28. The molecule has 6 heteroatoms. The smallest absolute Gasteiger partial charge is 0.224 e. The Morgan fingerprint density at radius 3 is 1.10 bits per heavy atom. The van der Waals surface area contributed by atoms with Crippen molar-refractivity contribution in [3.05, 3.63) is 71.8 Å². The Kier molecular flexibility index (Phi) is 20.2. The lowest BCUT2D eigenvalue weighted by molar-refractivity contribution is -0.121. The molecule has 40 heavy (non-hydrogen) atoms. The van der Waals surface area contributed by atoms with Crippen LogP contribution in [0.5, 0.6) is 0 Å². The van der Waals surface area contributed by atoms with Crippen molar-refractivity contribution in [2.75, 3.05) is 39.3 Å². The molecule has 0 spiro atoms. The van der Waals surface area contributed by atoms with Crippen molar-refractivity contribution >= 4 is 11.8 Å². The minimum atomic E-state index is 0.105. The Hall–Kier alpha value is -2.70. The van der Waals surface area contributed by atoms with Gasteiger partial charge in [0.25, 0.3) is 0 Å². The SMILES string of the molecule is O=C(Cc1ccccc1)NCCCNCCCCCCCCCCCCNCCCNC(=O)Cc1ccccc1. The molecule has 6 nitrogen and oxygen atoms in total. The predicted molar refractivity (Wildman–Crippen MR) is 167 cm³/mol. The number of carbonyl (C=O) groups is 2. The summed E-state index contributed by atoms with van der Waals surface area (Å²) in [4.78, 5) is 23.8. The highest BCUT2D eigenvalue weighted by Gasteiger charge is 2.03. The quantitative estimate of drug-likeness (QED) is 0.122. The zero-order valence-electron chi connectivity index (χ0n) is 24.7. The zero-order valence-corrected chi connectivity index (χ0v) is 24.7. The largest absolute Gasteiger partial charge is 0.356 e. The van der Waals surface area contributed by atoms with Crippen LogP contribution in [-0.4, -0.2) is 51.1 Å². The molecule has 2 aromatic rings. The van der Waals surface area contributed by atoms with Crippen LogP contribution < -0.4 is 21.3 Å². The van der Waals surface area contributed by atoms with Crippen molar-refractivity contribution in [3.63, 3.8) is 0 Å². The number of nitrogens with one attached hydrogen (secondary N) is 4. The van der Waals surface area contributed by atoms with Crippen molar-refractivity contribution in [2.24, 2.45) is 0 Å². The maximum Gasteiger partial charge on any atom is 0.224 e. The van der Waals surface area contributed by atoms with Crippen LogP contribution in [0.1, 0.15) is 88.2 Å².